The van der Waals surface area contributed by atoms with Gasteiger partial charge in [0.25, 0.3) is 0 Å². The molecule has 5 nitrogen and oxygen atoms in total. The molecule has 2 aliphatic rings. The van der Waals surface area contributed by atoms with Gasteiger partial charge in [-0.15, -0.1) is 10.2 Å². The van der Waals surface area contributed by atoms with E-state index in [0.29, 0.717) is 28.6 Å². The van der Waals surface area contributed by atoms with Gasteiger partial charge in [0.15, 0.2) is 11.9 Å². The first-order valence-corrected chi connectivity index (χ1v) is 9.85. The first-order chi connectivity index (χ1) is 12.2. The number of aromatic nitrogens is 3. The Bertz CT molecular complexity index is 823. The number of nitrogens with zero attached hydrogens (tertiary/aromatic N) is 3. The van der Waals surface area contributed by atoms with Gasteiger partial charge in [-0.3, -0.25) is 0 Å². The Morgan fingerprint density at radius 3 is 2.88 bits per heavy atom. The van der Waals surface area contributed by atoms with Crippen LogP contribution in [0.25, 0.3) is 11.3 Å². The van der Waals surface area contributed by atoms with Gasteiger partial charge in [-0.1, -0.05) is 48.5 Å². The van der Waals surface area contributed by atoms with Crippen molar-refractivity contribution in [1.29, 1.82) is 0 Å². The third-order valence-corrected chi connectivity index (χ3v) is 5.58. The summed E-state index contributed by atoms with van der Waals surface area (Å²) in [5.74, 6) is 1.50. The number of rotatable bonds is 2. The molecule has 25 heavy (non-hydrogen) atoms. The molecular weight excluding hydrogens is 332 g/mol. The van der Waals surface area contributed by atoms with E-state index in [4.69, 9.17) is 4.74 Å². The molecule has 4 rings (SSSR count). The number of ether oxygens (including phenoxy) is 1. The van der Waals surface area contributed by atoms with Gasteiger partial charge in [-0.2, -0.15) is 4.98 Å². The molecule has 0 saturated heterocycles. The molecule has 130 valence electrons. The number of hydrogen-bond acceptors (Lipinski definition) is 6. The van der Waals surface area contributed by atoms with Gasteiger partial charge in [0.05, 0.1) is 0 Å². The number of benzene rings is 1. The fraction of sp³-hybridized carbons (Fsp3) is 0.421. The smallest absolute Gasteiger partial charge is 0.247 e. The topological polar surface area (TPSA) is 59.9 Å². The molecule has 1 aliphatic carbocycles. The Kier molecular flexibility index (Phi) is 4.37. The van der Waals surface area contributed by atoms with E-state index in [2.05, 4.69) is 46.5 Å². The fourth-order valence-electron chi connectivity index (χ4n) is 3.68. The maximum atomic E-state index is 6.36. The SMILES string of the molecule is CSc1nnc2c(n1)O[C@H]([C@@H]1CC=C(C)C[C@H]1C)Nc1ccccc1-2. The second kappa shape index (κ2) is 6.67. The van der Waals surface area contributed by atoms with Gasteiger partial charge in [-0.25, -0.2) is 0 Å². The van der Waals surface area contributed by atoms with Crippen LogP contribution in [0.1, 0.15) is 26.7 Å². The molecule has 1 N–H and O–H groups in total. The van der Waals surface area contributed by atoms with E-state index < -0.39 is 0 Å². The highest BCUT2D eigenvalue weighted by Gasteiger charge is 2.34. The maximum Gasteiger partial charge on any atom is 0.247 e. The zero-order chi connectivity index (χ0) is 17.4. The lowest BCUT2D eigenvalue weighted by Crippen LogP contribution is -2.39. The molecule has 0 spiro atoms. The van der Waals surface area contributed by atoms with Gasteiger partial charge >= 0.3 is 0 Å². The van der Waals surface area contributed by atoms with Gasteiger partial charge in [0, 0.05) is 17.2 Å². The summed E-state index contributed by atoms with van der Waals surface area (Å²) in [5, 5.41) is 12.8. The summed E-state index contributed by atoms with van der Waals surface area (Å²) < 4.78 is 6.36. The Hall–Kier alpha value is -2.08. The monoisotopic (exact) mass is 354 g/mol. The van der Waals surface area contributed by atoms with Crippen molar-refractivity contribution in [1.82, 2.24) is 15.2 Å². The van der Waals surface area contributed by atoms with E-state index in [1.807, 2.05) is 24.5 Å². The molecule has 0 radical (unpaired) electrons. The molecule has 1 aromatic carbocycles. The Morgan fingerprint density at radius 1 is 1.24 bits per heavy atom. The van der Waals surface area contributed by atoms with E-state index in [1.165, 1.54) is 17.3 Å². The van der Waals surface area contributed by atoms with Gasteiger partial charge in [0.2, 0.25) is 11.0 Å². The summed E-state index contributed by atoms with van der Waals surface area (Å²) in [5.41, 5.74) is 4.19. The number of allylic oxidation sites excluding steroid dienone is 2. The van der Waals surface area contributed by atoms with E-state index in [0.717, 1.165) is 24.1 Å². The molecule has 2 aromatic rings. The summed E-state index contributed by atoms with van der Waals surface area (Å²) in [6, 6.07) is 8.14. The van der Waals surface area contributed by atoms with Gasteiger partial charge in [0.1, 0.15) is 0 Å². The van der Waals surface area contributed by atoms with E-state index in [-0.39, 0.29) is 6.23 Å². The van der Waals surface area contributed by atoms with Crippen LogP contribution in [0, 0.1) is 11.8 Å². The third kappa shape index (κ3) is 3.11. The quantitative estimate of drug-likeness (QED) is 0.638. The minimum absolute atomic E-state index is 0.131. The van der Waals surface area contributed by atoms with Crippen molar-refractivity contribution in [2.75, 3.05) is 11.6 Å². The Morgan fingerprint density at radius 2 is 2.08 bits per heavy atom. The summed E-state index contributed by atoms with van der Waals surface area (Å²) in [4.78, 5) is 4.59. The van der Waals surface area contributed by atoms with Crippen LogP contribution in [-0.4, -0.2) is 27.7 Å². The predicted octanol–water partition coefficient (Wildman–Crippen LogP) is 4.38. The first kappa shape index (κ1) is 16.4. The number of fused-ring (bicyclic) bond motifs is 3. The summed E-state index contributed by atoms with van der Waals surface area (Å²) >= 11 is 1.47. The number of hydrogen-bond donors (Lipinski definition) is 1. The Labute approximate surface area is 152 Å². The van der Waals surface area contributed by atoms with Crippen LogP contribution in [0.3, 0.4) is 0 Å². The van der Waals surface area contributed by atoms with E-state index in [9.17, 15) is 0 Å². The molecule has 0 unspecified atom stereocenters. The van der Waals surface area contributed by atoms with Crippen LogP contribution in [0.15, 0.2) is 41.1 Å². The van der Waals surface area contributed by atoms with Crippen LogP contribution in [-0.2, 0) is 0 Å². The molecular formula is C19H22N4OS. The largest absolute Gasteiger partial charge is 0.452 e. The van der Waals surface area contributed by atoms with Crippen molar-refractivity contribution in [3.05, 3.63) is 35.9 Å². The van der Waals surface area contributed by atoms with E-state index in [1.54, 1.807) is 0 Å². The number of para-hydroxylation sites is 1. The lowest BCUT2D eigenvalue weighted by molar-refractivity contribution is 0.114. The lowest BCUT2D eigenvalue weighted by atomic mass is 9.80. The zero-order valence-corrected chi connectivity index (χ0v) is 15.5. The highest BCUT2D eigenvalue weighted by molar-refractivity contribution is 7.98. The highest BCUT2D eigenvalue weighted by atomic mass is 32.2. The molecule has 6 heteroatoms. The standard InChI is InChI=1S/C19H22N4OS/c1-11-8-9-13(12(2)10-11)17-20-15-7-5-4-6-14(15)16-18(24-17)21-19(25-3)23-22-16/h4-8,12-13,17,20H,9-10H2,1-3H3/t12-,13-,17-/m1/s1. The molecule has 3 atom stereocenters. The van der Waals surface area contributed by atoms with Crippen molar-refractivity contribution >= 4 is 17.4 Å². The maximum absolute atomic E-state index is 6.36. The number of thioether (sulfide) groups is 1. The van der Waals surface area contributed by atoms with Gasteiger partial charge < -0.3 is 10.1 Å². The van der Waals surface area contributed by atoms with Crippen molar-refractivity contribution in [2.45, 2.75) is 38.1 Å². The average Bonchev–Trinajstić information content (AvgIpc) is 2.77. The third-order valence-electron chi connectivity index (χ3n) is 5.04. The second-order valence-corrected chi connectivity index (χ2v) is 7.59. The van der Waals surface area contributed by atoms with Crippen molar-refractivity contribution in [3.8, 4) is 17.1 Å². The average molecular weight is 354 g/mol. The van der Waals surface area contributed by atoms with Crippen LogP contribution in [0.4, 0.5) is 5.69 Å². The zero-order valence-electron chi connectivity index (χ0n) is 14.7. The van der Waals surface area contributed by atoms with Crippen molar-refractivity contribution in [3.63, 3.8) is 0 Å². The molecule has 0 bridgehead atoms. The number of anilines is 1. The molecule has 2 heterocycles. The Balaban J connectivity index is 1.77. The molecule has 0 fully saturated rings. The fourth-order valence-corrected chi connectivity index (χ4v) is 3.98. The number of nitrogens with one attached hydrogen (secondary N) is 1. The first-order valence-electron chi connectivity index (χ1n) is 8.62. The summed E-state index contributed by atoms with van der Waals surface area (Å²) in [6.07, 6.45) is 6.27. The summed E-state index contributed by atoms with van der Waals surface area (Å²) in [7, 11) is 0. The predicted molar refractivity (Wildman–Crippen MR) is 101 cm³/mol. The highest BCUT2D eigenvalue weighted by Crippen LogP contribution is 2.40. The second-order valence-electron chi connectivity index (χ2n) is 6.81. The van der Waals surface area contributed by atoms with Crippen molar-refractivity contribution in [2.24, 2.45) is 11.8 Å². The van der Waals surface area contributed by atoms with Crippen LogP contribution in [0.5, 0.6) is 5.88 Å². The minimum Gasteiger partial charge on any atom is -0.452 e. The molecule has 0 amide bonds. The summed E-state index contributed by atoms with van der Waals surface area (Å²) in [6.45, 7) is 4.51. The molecule has 0 saturated carbocycles. The molecule has 1 aromatic heterocycles. The van der Waals surface area contributed by atoms with Crippen molar-refractivity contribution < 1.29 is 4.74 Å². The van der Waals surface area contributed by atoms with Gasteiger partial charge in [-0.05, 0) is 38.0 Å². The van der Waals surface area contributed by atoms with Crippen LogP contribution in [0.2, 0.25) is 0 Å². The van der Waals surface area contributed by atoms with Crippen LogP contribution < -0.4 is 10.1 Å². The molecule has 1 aliphatic heterocycles. The lowest BCUT2D eigenvalue weighted by Gasteiger charge is -2.34. The van der Waals surface area contributed by atoms with Crippen LogP contribution >= 0.6 is 11.8 Å². The normalized spacial score (nSPS) is 24.9. The van der Waals surface area contributed by atoms with E-state index >= 15 is 0 Å². The minimum atomic E-state index is -0.131.